The molecule has 0 radical (unpaired) electrons. The molecule has 3 rings (SSSR count). The number of fused-ring (bicyclic) bond motifs is 1. The third-order valence-corrected chi connectivity index (χ3v) is 3.39. The van der Waals surface area contributed by atoms with Gasteiger partial charge in [0.15, 0.2) is 11.9 Å². The predicted octanol–water partition coefficient (Wildman–Crippen LogP) is 3.21. The summed E-state index contributed by atoms with van der Waals surface area (Å²) in [6.45, 7) is 3.22. The highest BCUT2D eigenvalue weighted by Crippen LogP contribution is 2.32. The predicted molar refractivity (Wildman–Crippen MR) is 82.6 cm³/mol. The zero-order chi connectivity index (χ0) is 16.6. The minimum absolute atomic E-state index is 0.0752. The van der Waals surface area contributed by atoms with Crippen LogP contribution in [0.4, 0.5) is 0 Å². The number of hydrogen-bond donors (Lipinski definition) is 1. The summed E-state index contributed by atoms with van der Waals surface area (Å²) < 4.78 is 16.4. The van der Waals surface area contributed by atoms with E-state index in [1.165, 1.54) is 13.2 Å². The van der Waals surface area contributed by atoms with Gasteiger partial charge in [0.25, 0.3) is 0 Å². The fraction of sp³-hybridized carbons (Fsp3) is 0.176. The minimum Gasteiger partial charge on any atom is -0.479 e. The smallest absolute Gasteiger partial charge is 0.344 e. The maximum atomic E-state index is 12.7. The second kappa shape index (κ2) is 5.64. The number of aliphatic carboxylic acids is 1. The first-order chi connectivity index (χ1) is 11.0. The maximum Gasteiger partial charge on any atom is 0.344 e. The van der Waals surface area contributed by atoms with Crippen LogP contribution < -0.4 is 10.2 Å². The first-order valence-electron chi connectivity index (χ1n) is 6.98. The van der Waals surface area contributed by atoms with Gasteiger partial charge in [-0.25, -0.2) is 4.79 Å². The van der Waals surface area contributed by atoms with Crippen molar-refractivity contribution in [2.24, 2.45) is 0 Å². The molecular formula is C17H14O6. The van der Waals surface area contributed by atoms with Gasteiger partial charge < -0.3 is 18.7 Å². The molecule has 0 saturated carbocycles. The van der Waals surface area contributed by atoms with Crippen LogP contribution in [0.25, 0.3) is 22.5 Å². The Bertz CT molecular complexity index is 920. The Morgan fingerprint density at radius 3 is 2.74 bits per heavy atom. The summed E-state index contributed by atoms with van der Waals surface area (Å²) in [6, 6.07) is 8.38. The van der Waals surface area contributed by atoms with E-state index in [9.17, 15) is 9.59 Å². The summed E-state index contributed by atoms with van der Waals surface area (Å²) in [7, 11) is 0. The zero-order valence-electron chi connectivity index (χ0n) is 12.5. The fourth-order valence-electron chi connectivity index (χ4n) is 2.19. The normalized spacial score (nSPS) is 12.3. The van der Waals surface area contributed by atoms with Crippen molar-refractivity contribution in [1.29, 1.82) is 0 Å². The van der Waals surface area contributed by atoms with E-state index in [2.05, 4.69) is 0 Å². The van der Waals surface area contributed by atoms with E-state index in [1.54, 1.807) is 30.3 Å². The Balaban J connectivity index is 2.28. The van der Waals surface area contributed by atoms with Crippen LogP contribution in [0.15, 0.2) is 50.2 Å². The van der Waals surface area contributed by atoms with Crippen molar-refractivity contribution in [3.8, 4) is 17.3 Å². The first-order valence-corrected chi connectivity index (χ1v) is 6.98. The Morgan fingerprint density at radius 1 is 1.30 bits per heavy atom. The number of rotatable bonds is 4. The minimum atomic E-state index is -1.20. The van der Waals surface area contributed by atoms with Crippen LogP contribution in [0.3, 0.4) is 0 Å². The van der Waals surface area contributed by atoms with E-state index in [0.717, 1.165) is 5.56 Å². The molecule has 23 heavy (non-hydrogen) atoms. The lowest BCUT2D eigenvalue weighted by molar-refractivity contribution is -0.144. The second-order valence-corrected chi connectivity index (χ2v) is 5.16. The number of carbonyl (C=O) groups is 1. The molecule has 0 saturated heterocycles. The van der Waals surface area contributed by atoms with E-state index in [1.807, 2.05) is 6.92 Å². The van der Waals surface area contributed by atoms with E-state index in [4.69, 9.17) is 18.7 Å². The molecule has 2 heterocycles. The topological polar surface area (TPSA) is 89.9 Å². The Morgan fingerprint density at radius 2 is 2.09 bits per heavy atom. The number of carboxylic acid groups (broad SMARTS) is 1. The highest BCUT2D eigenvalue weighted by Gasteiger charge is 2.23. The van der Waals surface area contributed by atoms with Gasteiger partial charge in [-0.2, -0.15) is 0 Å². The highest BCUT2D eigenvalue weighted by atomic mass is 16.5. The quantitative estimate of drug-likeness (QED) is 0.795. The Hall–Kier alpha value is -3.02. The van der Waals surface area contributed by atoms with Gasteiger partial charge in [0.2, 0.25) is 16.9 Å². The summed E-state index contributed by atoms with van der Waals surface area (Å²) in [6.07, 6.45) is 0.231. The molecule has 1 atom stereocenters. The molecule has 0 spiro atoms. The zero-order valence-corrected chi connectivity index (χ0v) is 12.5. The number of ether oxygens (including phenoxy) is 1. The highest BCUT2D eigenvalue weighted by molar-refractivity contribution is 5.82. The number of benzene rings is 1. The molecule has 0 aliphatic carbocycles. The van der Waals surface area contributed by atoms with Crippen molar-refractivity contribution >= 4 is 16.9 Å². The molecular weight excluding hydrogens is 300 g/mol. The third-order valence-electron chi connectivity index (χ3n) is 3.39. The Kier molecular flexibility index (Phi) is 3.65. The molecule has 0 amide bonds. The average molecular weight is 314 g/mol. The molecule has 118 valence electrons. The van der Waals surface area contributed by atoms with Crippen LogP contribution >= 0.6 is 0 Å². The van der Waals surface area contributed by atoms with Crippen LogP contribution in [-0.2, 0) is 4.79 Å². The number of furan rings is 1. The maximum absolute atomic E-state index is 12.7. The summed E-state index contributed by atoms with van der Waals surface area (Å²) in [5.41, 5.74) is 0.876. The van der Waals surface area contributed by atoms with E-state index in [-0.39, 0.29) is 17.3 Å². The number of hydrogen-bond acceptors (Lipinski definition) is 5. The molecule has 3 aromatic rings. The average Bonchev–Trinajstić information content (AvgIpc) is 3.03. The molecule has 2 aromatic heterocycles. The fourth-order valence-corrected chi connectivity index (χ4v) is 2.19. The molecule has 1 N–H and O–H groups in total. The van der Waals surface area contributed by atoms with E-state index >= 15 is 0 Å². The van der Waals surface area contributed by atoms with Crippen LogP contribution in [0.2, 0.25) is 0 Å². The van der Waals surface area contributed by atoms with Crippen LogP contribution in [0, 0.1) is 6.92 Å². The van der Waals surface area contributed by atoms with Gasteiger partial charge in [0.05, 0.1) is 11.6 Å². The van der Waals surface area contributed by atoms with Gasteiger partial charge in [-0.15, -0.1) is 0 Å². The van der Waals surface area contributed by atoms with Gasteiger partial charge in [0.1, 0.15) is 5.58 Å². The van der Waals surface area contributed by atoms with Crippen LogP contribution in [0.1, 0.15) is 12.5 Å². The monoisotopic (exact) mass is 314 g/mol. The van der Waals surface area contributed by atoms with Gasteiger partial charge >= 0.3 is 5.97 Å². The molecule has 6 heteroatoms. The van der Waals surface area contributed by atoms with Crippen molar-refractivity contribution < 1.29 is 23.5 Å². The van der Waals surface area contributed by atoms with Crippen molar-refractivity contribution in [3.63, 3.8) is 0 Å². The lowest BCUT2D eigenvalue weighted by Crippen LogP contribution is -2.26. The van der Waals surface area contributed by atoms with Crippen LogP contribution in [-0.4, -0.2) is 17.2 Å². The first kappa shape index (κ1) is 14.9. The third kappa shape index (κ3) is 2.70. The second-order valence-electron chi connectivity index (χ2n) is 5.16. The SMILES string of the molecule is Cc1ccc2c(=O)c(O[C@@H](C)C(=O)O)c(-c3ccco3)oc2c1. The number of carboxylic acids is 1. The molecule has 0 unspecified atom stereocenters. The molecule has 0 fully saturated rings. The summed E-state index contributed by atoms with van der Waals surface area (Å²) in [5.74, 6) is -0.991. The van der Waals surface area contributed by atoms with Crippen molar-refractivity contribution in [2.75, 3.05) is 0 Å². The van der Waals surface area contributed by atoms with Gasteiger partial charge in [0, 0.05) is 0 Å². The summed E-state index contributed by atoms with van der Waals surface area (Å²) in [4.78, 5) is 23.7. The lowest BCUT2D eigenvalue weighted by atomic mass is 10.1. The van der Waals surface area contributed by atoms with Crippen molar-refractivity contribution in [2.45, 2.75) is 20.0 Å². The van der Waals surface area contributed by atoms with Gasteiger partial charge in [-0.3, -0.25) is 4.79 Å². The Labute approximate surface area is 130 Å². The molecule has 0 bridgehead atoms. The van der Waals surface area contributed by atoms with Crippen LogP contribution in [0.5, 0.6) is 5.75 Å². The molecule has 1 aromatic carbocycles. The summed E-state index contributed by atoms with van der Waals surface area (Å²) >= 11 is 0. The molecule has 0 aliphatic heterocycles. The lowest BCUT2D eigenvalue weighted by Gasteiger charge is -2.13. The van der Waals surface area contributed by atoms with E-state index < -0.39 is 17.5 Å². The molecule has 0 aliphatic rings. The van der Waals surface area contributed by atoms with Gasteiger partial charge in [-0.05, 0) is 43.7 Å². The molecule has 6 nitrogen and oxygen atoms in total. The largest absolute Gasteiger partial charge is 0.479 e. The standard InChI is InChI=1S/C17H14O6/c1-9-5-6-11-13(8-9)23-15(12-4-3-7-21-12)16(14(11)18)22-10(2)17(19)20/h3-8,10H,1-2H3,(H,19,20)/t10-/m0/s1. The van der Waals surface area contributed by atoms with Crippen molar-refractivity contribution in [1.82, 2.24) is 0 Å². The van der Waals surface area contributed by atoms with Gasteiger partial charge in [-0.1, -0.05) is 6.07 Å². The number of aryl methyl sites for hydroxylation is 1. The summed E-state index contributed by atoms with van der Waals surface area (Å²) in [5, 5.41) is 9.34. The van der Waals surface area contributed by atoms with E-state index in [0.29, 0.717) is 11.0 Å². The van der Waals surface area contributed by atoms with Crippen molar-refractivity contribution in [3.05, 3.63) is 52.4 Å².